The van der Waals surface area contributed by atoms with Crippen LogP contribution in [-0.2, 0) is 10.0 Å². The van der Waals surface area contributed by atoms with Crippen LogP contribution in [-0.4, -0.2) is 38.8 Å². The van der Waals surface area contributed by atoms with Crippen molar-refractivity contribution in [2.24, 2.45) is 0 Å². The summed E-state index contributed by atoms with van der Waals surface area (Å²) in [5, 5.41) is 2.79. The van der Waals surface area contributed by atoms with Crippen molar-refractivity contribution < 1.29 is 17.9 Å². The van der Waals surface area contributed by atoms with Gasteiger partial charge in [0.05, 0.1) is 12.8 Å². The number of aryl methyl sites for hydroxylation is 1. The molecule has 0 heterocycles. The maximum absolute atomic E-state index is 12.9. The summed E-state index contributed by atoms with van der Waals surface area (Å²) in [5.41, 5.74) is 1.89. The number of amides is 1. The lowest BCUT2D eigenvalue weighted by molar-refractivity contribution is 0.102. The molecule has 0 saturated heterocycles. The third kappa shape index (κ3) is 4.69. The number of benzene rings is 2. The van der Waals surface area contributed by atoms with Crippen molar-refractivity contribution >= 4 is 37.5 Å². The van der Waals surface area contributed by atoms with Gasteiger partial charge < -0.3 is 10.1 Å². The SMILES string of the molecule is CCN(CC)S(=O)(=O)c1cc(C(=O)Nc2ccc(C)cc2Br)ccc1OC. The van der Waals surface area contributed by atoms with E-state index in [-0.39, 0.29) is 16.2 Å². The topological polar surface area (TPSA) is 75.7 Å². The third-order valence-electron chi connectivity index (χ3n) is 4.12. The molecule has 2 rings (SSSR count). The van der Waals surface area contributed by atoms with Crippen LogP contribution >= 0.6 is 15.9 Å². The second-order valence-electron chi connectivity index (χ2n) is 5.89. The van der Waals surface area contributed by atoms with Crippen LogP contribution in [0.25, 0.3) is 0 Å². The molecule has 146 valence electrons. The van der Waals surface area contributed by atoms with Gasteiger partial charge in [-0.15, -0.1) is 0 Å². The number of methoxy groups -OCH3 is 1. The first-order valence-corrected chi connectivity index (χ1v) is 10.7. The fourth-order valence-corrected chi connectivity index (χ4v) is 4.87. The van der Waals surface area contributed by atoms with Crippen molar-refractivity contribution in [3.8, 4) is 5.75 Å². The predicted molar refractivity (Wildman–Crippen MR) is 110 cm³/mol. The number of sulfonamides is 1. The average Bonchev–Trinajstić information content (AvgIpc) is 2.64. The van der Waals surface area contributed by atoms with E-state index < -0.39 is 15.9 Å². The minimum absolute atomic E-state index is 0.0238. The van der Waals surface area contributed by atoms with E-state index in [0.29, 0.717) is 18.8 Å². The van der Waals surface area contributed by atoms with Gasteiger partial charge in [-0.05, 0) is 58.7 Å². The van der Waals surface area contributed by atoms with Crippen LogP contribution in [0.1, 0.15) is 29.8 Å². The number of nitrogens with one attached hydrogen (secondary N) is 1. The van der Waals surface area contributed by atoms with E-state index in [1.165, 1.54) is 29.6 Å². The van der Waals surface area contributed by atoms with Gasteiger partial charge in [-0.3, -0.25) is 4.79 Å². The molecule has 0 saturated carbocycles. The molecule has 0 spiro atoms. The lowest BCUT2D eigenvalue weighted by atomic mass is 10.2. The van der Waals surface area contributed by atoms with E-state index in [0.717, 1.165) is 10.0 Å². The molecule has 0 aliphatic rings. The molecular formula is C19H23BrN2O4S. The highest BCUT2D eigenvalue weighted by molar-refractivity contribution is 9.10. The molecule has 0 unspecified atom stereocenters. The van der Waals surface area contributed by atoms with Gasteiger partial charge >= 0.3 is 0 Å². The van der Waals surface area contributed by atoms with Crippen molar-refractivity contribution in [3.05, 3.63) is 52.0 Å². The van der Waals surface area contributed by atoms with Crippen molar-refractivity contribution in [3.63, 3.8) is 0 Å². The van der Waals surface area contributed by atoms with Crippen molar-refractivity contribution in [2.45, 2.75) is 25.7 Å². The van der Waals surface area contributed by atoms with E-state index in [1.807, 2.05) is 19.1 Å². The first kappa shape index (κ1) is 21.4. The summed E-state index contributed by atoms with van der Waals surface area (Å²) < 4.78 is 33.1. The van der Waals surface area contributed by atoms with Gasteiger partial charge in [0.15, 0.2) is 0 Å². The fourth-order valence-electron chi connectivity index (χ4n) is 2.64. The second-order valence-corrected chi connectivity index (χ2v) is 8.65. The van der Waals surface area contributed by atoms with Crippen molar-refractivity contribution in [2.75, 3.05) is 25.5 Å². The largest absolute Gasteiger partial charge is 0.495 e. The van der Waals surface area contributed by atoms with Crippen LogP contribution in [0.2, 0.25) is 0 Å². The zero-order chi connectivity index (χ0) is 20.2. The molecule has 0 atom stereocenters. The Morgan fingerprint density at radius 3 is 2.37 bits per heavy atom. The van der Waals surface area contributed by atoms with Crippen molar-refractivity contribution in [1.29, 1.82) is 0 Å². The second kappa shape index (κ2) is 8.86. The smallest absolute Gasteiger partial charge is 0.255 e. The minimum atomic E-state index is -3.77. The first-order valence-electron chi connectivity index (χ1n) is 8.50. The molecule has 0 aliphatic carbocycles. The van der Waals surface area contributed by atoms with Crippen LogP contribution in [0.15, 0.2) is 45.8 Å². The van der Waals surface area contributed by atoms with E-state index in [9.17, 15) is 13.2 Å². The standard InChI is InChI=1S/C19H23BrN2O4S/c1-5-22(6-2)27(24,25)18-12-14(8-10-17(18)26-4)19(23)21-16-9-7-13(3)11-15(16)20/h7-12H,5-6H2,1-4H3,(H,21,23). The summed E-state index contributed by atoms with van der Waals surface area (Å²) in [5.74, 6) is -0.201. The van der Waals surface area contributed by atoms with E-state index in [4.69, 9.17) is 4.74 Å². The third-order valence-corrected chi connectivity index (χ3v) is 6.85. The molecule has 0 aliphatic heterocycles. The molecule has 0 bridgehead atoms. The monoisotopic (exact) mass is 454 g/mol. The van der Waals surface area contributed by atoms with Crippen LogP contribution in [0, 0.1) is 6.92 Å². The summed E-state index contributed by atoms with van der Waals surface area (Å²) in [6.45, 7) is 6.13. The molecule has 1 N–H and O–H groups in total. The summed E-state index contributed by atoms with van der Waals surface area (Å²) in [6.07, 6.45) is 0. The first-order chi connectivity index (χ1) is 12.7. The molecule has 8 heteroatoms. The minimum Gasteiger partial charge on any atom is -0.495 e. The summed E-state index contributed by atoms with van der Waals surface area (Å²) >= 11 is 3.42. The summed E-state index contributed by atoms with van der Waals surface area (Å²) in [7, 11) is -2.37. The Bertz CT molecular complexity index is 941. The lowest BCUT2D eigenvalue weighted by Gasteiger charge is -2.20. The van der Waals surface area contributed by atoms with E-state index >= 15 is 0 Å². The van der Waals surface area contributed by atoms with Gasteiger partial charge in [-0.1, -0.05) is 19.9 Å². The average molecular weight is 455 g/mol. The normalized spacial score (nSPS) is 11.5. The highest BCUT2D eigenvalue weighted by Crippen LogP contribution is 2.29. The highest BCUT2D eigenvalue weighted by Gasteiger charge is 2.27. The maximum Gasteiger partial charge on any atom is 0.255 e. The van der Waals surface area contributed by atoms with Crippen LogP contribution in [0.5, 0.6) is 5.75 Å². The zero-order valence-corrected chi connectivity index (χ0v) is 18.1. The number of anilines is 1. The highest BCUT2D eigenvalue weighted by atomic mass is 79.9. The predicted octanol–water partition coefficient (Wildman–Crippen LogP) is 4.05. The molecule has 6 nitrogen and oxygen atoms in total. The number of rotatable bonds is 7. The van der Waals surface area contributed by atoms with Gasteiger partial charge in [0.2, 0.25) is 10.0 Å². The fraction of sp³-hybridized carbons (Fsp3) is 0.316. The van der Waals surface area contributed by atoms with Crippen LogP contribution in [0.3, 0.4) is 0 Å². The Kier molecular flexibility index (Phi) is 7.02. The Hall–Kier alpha value is -1.90. The molecule has 2 aromatic carbocycles. The molecule has 0 radical (unpaired) electrons. The number of halogens is 1. The van der Waals surface area contributed by atoms with E-state index in [2.05, 4.69) is 21.2 Å². The number of carbonyl (C=O) groups excluding carboxylic acids is 1. The lowest BCUT2D eigenvalue weighted by Crippen LogP contribution is -2.31. The van der Waals surface area contributed by atoms with Gasteiger partial charge in [0.1, 0.15) is 10.6 Å². The number of carbonyl (C=O) groups is 1. The number of hydrogen-bond donors (Lipinski definition) is 1. The molecule has 1 amide bonds. The van der Waals surface area contributed by atoms with E-state index in [1.54, 1.807) is 19.9 Å². The Morgan fingerprint density at radius 2 is 1.81 bits per heavy atom. The van der Waals surface area contributed by atoms with Gasteiger partial charge in [0, 0.05) is 23.1 Å². The van der Waals surface area contributed by atoms with Crippen LogP contribution < -0.4 is 10.1 Å². The molecule has 0 aromatic heterocycles. The zero-order valence-electron chi connectivity index (χ0n) is 15.7. The Balaban J connectivity index is 2.43. The van der Waals surface area contributed by atoms with Gasteiger partial charge in [-0.25, -0.2) is 8.42 Å². The van der Waals surface area contributed by atoms with Crippen LogP contribution in [0.4, 0.5) is 5.69 Å². The Labute approximate surface area is 168 Å². The van der Waals surface area contributed by atoms with Gasteiger partial charge in [0.25, 0.3) is 5.91 Å². The molecule has 2 aromatic rings. The molecular weight excluding hydrogens is 432 g/mol. The number of nitrogens with zero attached hydrogens (tertiary/aromatic N) is 1. The summed E-state index contributed by atoms with van der Waals surface area (Å²) in [6, 6.07) is 9.94. The summed E-state index contributed by atoms with van der Waals surface area (Å²) in [4.78, 5) is 12.6. The maximum atomic E-state index is 12.9. The van der Waals surface area contributed by atoms with Gasteiger partial charge in [-0.2, -0.15) is 4.31 Å². The molecule has 0 fully saturated rings. The molecule has 27 heavy (non-hydrogen) atoms. The van der Waals surface area contributed by atoms with Crippen molar-refractivity contribution in [1.82, 2.24) is 4.31 Å². The number of ether oxygens (including phenoxy) is 1. The Morgan fingerprint density at radius 1 is 1.15 bits per heavy atom. The number of hydrogen-bond acceptors (Lipinski definition) is 4. The quantitative estimate of drug-likeness (QED) is 0.684.